The quantitative estimate of drug-likeness (QED) is 0.317. The molecule has 0 aliphatic heterocycles. The van der Waals surface area contributed by atoms with Gasteiger partial charge in [-0.2, -0.15) is 0 Å². The van der Waals surface area contributed by atoms with Crippen molar-refractivity contribution < 1.29 is 13.7 Å². The fourth-order valence-electron chi connectivity index (χ4n) is 3.10. The molecule has 26 heavy (non-hydrogen) atoms. The molecule has 136 valence electrons. The van der Waals surface area contributed by atoms with E-state index in [1.54, 1.807) is 0 Å². The zero-order chi connectivity index (χ0) is 18.4. The second-order valence-corrected chi connectivity index (χ2v) is 6.60. The number of esters is 1. The first kappa shape index (κ1) is 18.5. The SMILES string of the molecule is COC(=O)c1ccc2c(c1)c(CCCCOSC)cn2-c1ccccc1. The Morgan fingerprint density at radius 3 is 2.65 bits per heavy atom. The van der Waals surface area contributed by atoms with Crippen molar-refractivity contribution in [3.8, 4) is 5.69 Å². The van der Waals surface area contributed by atoms with E-state index in [0.717, 1.165) is 42.5 Å². The van der Waals surface area contributed by atoms with E-state index < -0.39 is 0 Å². The van der Waals surface area contributed by atoms with Crippen LogP contribution in [0, 0.1) is 0 Å². The maximum atomic E-state index is 11.9. The van der Waals surface area contributed by atoms with Gasteiger partial charge < -0.3 is 13.5 Å². The fourth-order valence-corrected chi connectivity index (χ4v) is 3.39. The summed E-state index contributed by atoms with van der Waals surface area (Å²) in [5.41, 5.74) is 4.02. The monoisotopic (exact) mass is 369 g/mol. The number of hydrogen-bond donors (Lipinski definition) is 0. The van der Waals surface area contributed by atoms with E-state index >= 15 is 0 Å². The van der Waals surface area contributed by atoms with Crippen LogP contribution in [-0.2, 0) is 15.3 Å². The third kappa shape index (κ3) is 4.11. The molecule has 0 N–H and O–H groups in total. The number of rotatable bonds is 8. The largest absolute Gasteiger partial charge is 0.465 e. The maximum absolute atomic E-state index is 11.9. The molecule has 1 aromatic heterocycles. The van der Waals surface area contributed by atoms with Crippen LogP contribution in [-0.4, -0.2) is 30.5 Å². The Balaban J connectivity index is 1.96. The van der Waals surface area contributed by atoms with Crippen LogP contribution in [0.5, 0.6) is 0 Å². The van der Waals surface area contributed by atoms with Crippen molar-refractivity contribution in [3.63, 3.8) is 0 Å². The molecular weight excluding hydrogens is 346 g/mol. The van der Waals surface area contributed by atoms with Crippen molar-refractivity contribution in [3.05, 3.63) is 65.9 Å². The lowest BCUT2D eigenvalue weighted by Gasteiger charge is -2.05. The molecule has 0 aliphatic carbocycles. The average Bonchev–Trinajstić information content (AvgIpc) is 3.06. The van der Waals surface area contributed by atoms with Gasteiger partial charge in [0.1, 0.15) is 0 Å². The minimum absolute atomic E-state index is 0.307. The van der Waals surface area contributed by atoms with Crippen LogP contribution in [0.25, 0.3) is 16.6 Å². The molecule has 0 unspecified atom stereocenters. The number of unbranched alkanes of at least 4 members (excludes halogenated alkanes) is 1. The van der Waals surface area contributed by atoms with Gasteiger partial charge in [-0.25, -0.2) is 4.79 Å². The van der Waals surface area contributed by atoms with Crippen LogP contribution in [0.4, 0.5) is 0 Å². The average molecular weight is 369 g/mol. The van der Waals surface area contributed by atoms with Gasteiger partial charge in [-0.3, -0.25) is 0 Å². The number of carbonyl (C=O) groups excluding carboxylic acids is 1. The number of benzene rings is 2. The molecule has 0 saturated heterocycles. The van der Waals surface area contributed by atoms with Crippen molar-refractivity contribution in [2.24, 2.45) is 0 Å². The lowest BCUT2D eigenvalue weighted by Crippen LogP contribution is -2.01. The van der Waals surface area contributed by atoms with Crippen LogP contribution in [0.2, 0.25) is 0 Å². The number of nitrogens with zero attached hydrogens (tertiary/aromatic N) is 1. The van der Waals surface area contributed by atoms with Crippen molar-refractivity contribution in [2.45, 2.75) is 19.3 Å². The van der Waals surface area contributed by atoms with Crippen LogP contribution in [0.15, 0.2) is 54.7 Å². The zero-order valence-corrected chi connectivity index (χ0v) is 15.9. The number of ether oxygens (including phenoxy) is 1. The number of aromatic nitrogens is 1. The van der Waals surface area contributed by atoms with Crippen LogP contribution < -0.4 is 0 Å². The van der Waals surface area contributed by atoms with Gasteiger partial charge in [-0.1, -0.05) is 18.2 Å². The number of para-hydroxylation sites is 1. The highest BCUT2D eigenvalue weighted by Crippen LogP contribution is 2.27. The van der Waals surface area contributed by atoms with Gasteiger partial charge in [0.05, 0.1) is 24.8 Å². The number of aryl methyl sites for hydroxylation is 1. The molecule has 0 saturated carbocycles. The van der Waals surface area contributed by atoms with Gasteiger partial charge in [0.15, 0.2) is 0 Å². The summed E-state index contributed by atoms with van der Waals surface area (Å²) < 4.78 is 12.4. The molecule has 0 fully saturated rings. The highest BCUT2D eigenvalue weighted by atomic mass is 32.2. The van der Waals surface area contributed by atoms with Gasteiger partial charge in [0, 0.05) is 23.5 Å². The lowest BCUT2D eigenvalue weighted by molar-refractivity contribution is 0.0601. The lowest BCUT2D eigenvalue weighted by atomic mass is 10.1. The second kappa shape index (κ2) is 8.92. The molecule has 4 nitrogen and oxygen atoms in total. The van der Waals surface area contributed by atoms with Crippen LogP contribution in [0.3, 0.4) is 0 Å². The van der Waals surface area contributed by atoms with E-state index in [9.17, 15) is 4.79 Å². The standard InChI is InChI=1S/C21H23NO3S/c1-24-21(23)16-11-12-20-19(14-16)17(8-6-7-13-25-26-2)15-22(20)18-9-4-3-5-10-18/h3-5,9-12,14-15H,6-8,13H2,1-2H3. The summed E-state index contributed by atoms with van der Waals surface area (Å²) in [7, 11) is 1.41. The summed E-state index contributed by atoms with van der Waals surface area (Å²) in [4.78, 5) is 11.9. The Labute approximate surface area is 158 Å². The number of methoxy groups -OCH3 is 1. The summed E-state index contributed by atoms with van der Waals surface area (Å²) in [5, 5.41) is 1.10. The molecule has 0 spiro atoms. The zero-order valence-electron chi connectivity index (χ0n) is 15.1. The van der Waals surface area contributed by atoms with Crippen LogP contribution in [0.1, 0.15) is 28.8 Å². The van der Waals surface area contributed by atoms with E-state index in [1.807, 2.05) is 42.7 Å². The van der Waals surface area contributed by atoms with E-state index in [4.69, 9.17) is 8.92 Å². The van der Waals surface area contributed by atoms with Gasteiger partial charge >= 0.3 is 5.97 Å². The van der Waals surface area contributed by atoms with Crippen molar-refractivity contribution in [2.75, 3.05) is 20.0 Å². The van der Waals surface area contributed by atoms with Gasteiger partial charge in [0.2, 0.25) is 0 Å². The third-order valence-corrected chi connectivity index (χ3v) is 4.79. The Morgan fingerprint density at radius 1 is 1.12 bits per heavy atom. The third-order valence-electron chi connectivity index (χ3n) is 4.38. The first-order chi connectivity index (χ1) is 12.7. The fraction of sp³-hybridized carbons (Fsp3) is 0.286. The summed E-state index contributed by atoms with van der Waals surface area (Å²) in [6.07, 6.45) is 7.10. The van der Waals surface area contributed by atoms with Crippen LogP contribution >= 0.6 is 12.0 Å². The van der Waals surface area contributed by atoms with E-state index in [0.29, 0.717) is 5.56 Å². The number of fused-ring (bicyclic) bond motifs is 1. The Hall–Kier alpha value is -2.24. The molecule has 1 heterocycles. The topological polar surface area (TPSA) is 40.5 Å². The Morgan fingerprint density at radius 2 is 1.92 bits per heavy atom. The van der Waals surface area contributed by atoms with Gasteiger partial charge in [-0.05, 0) is 67.2 Å². The Kier molecular flexibility index (Phi) is 6.36. The highest BCUT2D eigenvalue weighted by molar-refractivity contribution is 7.93. The maximum Gasteiger partial charge on any atom is 0.337 e. The van der Waals surface area contributed by atoms with E-state index in [-0.39, 0.29) is 5.97 Å². The minimum Gasteiger partial charge on any atom is -0.465 e. The summed E-state index contributed by atoms with van der Waals surface area (Å²) >= 11 is 1.40. The van der Waals surface area contributed by atoms with Gasteiger partial charge in [0.25, 0.3) is 0 Å². The normalized spacial score (nSPS) is 11.0. The van der Waals surface area contributed by atoms with E-state index in [1.165, 1.54) is 24.7 Å². The smallest absolute Gasteiger partial charge is 0.337 e. The molecule has 0 bridgehead atoms. The molecular formula is C21H23NO3S. The molecule has 0 amide bonds. The molecule has 0 radical (unpaired) electrons. The molecule has 5 heteroatoms. The second-order valence-electron chi connectivity index (χ2n) is 6.03. The molecule has 2 aromatic carbocycles. The highest BCUT2D eigenvalue weighted by Gasteiger charge is 2.13. The summed E-state index contributed by atoms with van der Waals surface area (Å²) in [6.45, 7) is 0.756. The van der Waals surface area contributed by atoms with Crippen molar-refractivity contribution in [1.29, 1.82) is 0 Å². The minimum atomic E-state index is -0.307. The molecule has 3 aromatic rings. The summed E-state index contributed by atoms with van der Waals surface area (Å²) in [6, 6.07) is 16.0. The van der Waals surface area contributed by atoms with Crippen molar-refractivity contribution in [1.82, 2.24) is 4.57 Å². The predicted molar refractivity (Wildman–Crippen MR) is 107 cm³/mol. The molecule has 3 rings (SSSR count). The van der Waals surface area contributed by atoms with E-state index in [2.05, 4.69) is 22.9 Å². The number of carbonyl (C=O) groups is 1. The van der Waals surface area contributed by atoms with Gasteiger partial charge in [-0.15, -0.1) is 0 Å². The first-order valence-electron chi connectivity index (χ1n) is 8.68. The summed E-state index contributed by atoms with van der Waals surface area (Å²) in [5.74, 6) is -0.307. The Bertz CT molecular complexity index is 874. The first-order valence-corrected chi connectivity index (χ1v) is 9.83. The molecule has 0 atom stereocenters. The van der Waals surface area contributed by atoms with Crippen molar-refractivity contribution >= 4 is 28.9 Å². The predicted octanol–water partition coefficient (Wildman–Crippen LogP) is 5.03. The number of hydrogen-bond acceptors (Lipinski definition) is 4. The molecule has 0 aliphatic rings.